The first kappa shape index (κ1) is 16.8. The summed E-state index contributed by atoms with van der Waals surface area (Å²) in [7, 11) is 0. The molecule has 0 spiro atoms. The van der Waals surface area contributed by atoms with Crippen molar-refractivity contribution in [2.24, 2.45) is 0 Å². The number of rotatable bonds is 8. The molecule has 1 aromatic carbocycles. The number of ether oxygens (including phenoxy) is 2. The van der Waals surface area contributed by atoms with E-state index in [1.54, 1.807) is 41.4 Å². The van der Waals surface area contributed by atoms with Gasteiger partial charge in [-0.1, -0.05) is 6.07 Å². The van der Waals surface area contributed by atoms with Gasteiger partial charge in [-0.2, -0.15) is 0 Å². The van der Waals surface area contributed by atoms with Gasteiger partial charge in [-0.25, -0.2) is 4.98 Å². The molecule has 0 saturated carbocycles. The summed E-state index contributed by atoms with van der Waals surface area (Å²) in [6, 6.07) is 12.4. The van der Waals surface area contributed by atoms with Crippen LogP contribution in [0.1, 0.15) is 6.92 Å². The van der Waals surface area contributed by atoms with Gasteiger partial charge in [-0.3, -0.25) is 4.79 Å². The minimum atomic E-state index is -0.157. The predicted octanol–water partition coefficient (Wildman–Crippen LogP) is 2.09. The van der Waals surface area contributed by atoms with Crippen molar-refractivity contribution in [1.82, 2.24) is 9.88 Å². The molecule has 0 radical (unpaired) electrons. The van der Waals surface area contributed by atoms with E-state index in [9.17, 15) is 4.79 Å². The second kappa shape index (κ2) is 8.75. The number of benzene rings is 1. The zero-order valence-electron chi connectivity index (χ0n) is 13.0. The molecule has 122 valence electrons. The van der Waals surface area contributed by atoms with Gasteiger partial charge in [-0.15, -0.1) is 0 Å². The third-order valence-electron chi connectivity index (χ3n) is 3.15. The van der Waals surface area contributed by atoms with Crippen molar-refractivity contribution in [3.8, 4) is 17.4 Å². The summed E-state index contributed by atoms with van der Waals surface area (Å²) >= 11 is 0. The van der Waals surface area contributed by atoms with E-state index in [2.05, 4.69) is 4.98 Å². The lowest BCUT2D eigenvalue weighted by atomic mass is 10.3. The van der Waals surface area contributed by atoms with Crippen molar-refractivity contribution in [3.05, 3.63) is 48.7 Å². The van der Waals surface area contributed by atoms with E-state index in [0.717, 1.165) is 0 Å². The Balaban J connectivity index is 1.86. The molecule has 1 amide bonds. The SMILES string of the molecule is CCN(CCO)C(=O)COc1ccc(Oc2ccccn2)cc1. The van der Waals surface area contributed by atoms with Gasteiger partial charge in [0.2, 0.25) is 5.88 Å². The van der Waals surface area contributed by atoms with E-state index < -0.39 is 0 Å². The van der Waals surface area contributed by atoms with E-state index in [1.807, 2.05) is 19.1 Å². The van der Waals surface area contributed by atoms with Gasteiger partial charge in [0.25, 0.3) is 5.91 Å². The number of hydrogen-bond donors (Lipinski definition) is 1. The Bertz CT molecular complexity index is 602. The first-order valence-electron chi connectivity index (χ1n) is 7.43. The summed E-state index contributed by atoms with van der Waals surface area (Å²) in [5.74, 6) is 1.57. The summed E-state index contributed by atoms with van der Waals surface area (Å²) in [6.45, 7) is 2.60. The van der Waals surface area contributed by atoms with Gasteiger partial charge in [-0.05, 0) is 37.3 Å². The smallest absolute Gasteiger partial charge is 0.260 e. The van der Waals surface area contributed by atoms with Gasteiger partial charge in [0.15, 0.2) is 6.61 Å². The number of likely N-dealkylation sites (N-methyl/N-ethyl adjacent to an activating group) is 1. The fraction of sp³-hybridized carbons (Fsp3) is 0.294. The van der Waals surface area contributed by atoms with Gasteiger partial charge in [0.1, 0.15) is 11.5 Å². The quantitative estimate of drug-likeness (QED) is 0.807. The van der Waals surface area contributed by atoms with Crippen LogP contribution >= 0.6 is 0 Å². The Kier molecular flexibility index (Phi) is 6.38. The number of hydrogen-bond acceptors (Lipinski definition) is 5. The van der Waals surface area contributed by atoms with E-state index in [1.165, 1.54) is 0 Å². The number of carbonyl (C=O) groups excluding carboxylic acids is 1. The van der Waals surface area contributed by atoms with Crippen LogP contribution in [0.2, 0.25) is 0 Å². The molecule has 1 heterocycles. The average molecular weight is 316 g/mol. The van der Waals surface area contributed by atoms with Crippen LogP contribution in [0.4, 0.5) is 0 Å². The molecule has 0 aliphatic carbocycles. The molecule has 2 rings (SSSR count). The molecule has 2 aromatic rings. The van der Waals surface area contributed by atoms with Crippen LogP contribution in [-0.4, -0.2) is 47.2 Å². The number of nitrogens with zero attached hydrogens (tertiary/aromatic N) is 2. The van der Waals surface area contributed by atoms with E-state index in [4.69, 9.17) is 14.6 Å². The maximum Gasteiger partial charge on any atom is 0.260 e. The zero-order valence-corrected chi connectivity index (χ0v) is 13.0. The molecule has 6 nitrogen and oxygen atoms in total. The molecule has 1 N–H and O–H groups in total. The number of aliphatic hydroxyl groups excluding tert-OH is 1. The maximum atomic E-state index is 11.9. The summed E-state index contributed by atoms with van der Waals surface area (Å²) in [4.78, 5) is 17.5. The van der Waals surface area contributed by atoms with Crippen molar-refractivity contribution in [2.75, 3.05) is 26.3 Å². The van der Waals surface area contributed by atoms with E-state index in [0.29, 0.717) is 30.5 Å². The number of amides is 1. The van der Waals surface area contributed by atoms with Crippen molar-refractivity contribution < 1.29 is 19.4 Å². The summed E-state index contributed by atoms with van der Waals surface area (Å²) in [5, 5.41) is 8.90. The largest absolute Gasteiger partial charge is 0.484 e. The molecule has 0 unspecified atom stereocenters. The minimum absolute atomic E-state index is 0.0564. The number of carbonyl (C=O) groups is 1. The van der Waals surface area contributed by atoms with Crippen molar-refractivity contribution in [2.45, 2.75) is 6.92 Å². The molecule has 6 heteroatoms. The van der Waals surface area contributed by atoms with Crippen molar-refractivity contribution in [3.63, 3.8) is 0 Å². The van der Waals surface area contributed by atoms with Crippen LogP contribution in [0.3, 0.4) is 0 Å². The molecule has 0 saturated heterocycles. The number of aromatic nitrogens is 1. The Hall–Kier alpha value is -2.60. The average Bonchev–Trinajstić information content (AvgIpc) is 2.59. The Morgan fingerprint density at radius 1 is 1.17 bits per heavy atom. The van der Waals surface area contributed by atoms with Crippen LogP contribution in [-0.2, 0) is 4.79 Å². The van der Waals surface area contributed by atoms with Gasteiger partial charge >= 0.3 is 0 Å². The number of pyridine rings is 1. The molecule has 0 aliphatic rings. The summed E-state index contributed by atoms with van der Waals surface area (Å²) in [6.07, 6.45) is 1.66. The second-order valence-corrected chi connectivity index (χ2v) is 4.73. The van der Waals surface area contributed by atoms with Gasteiger partial charge < -0.3 is 19.5 Å². The highest BCUT2D eigenvalue weighted by molar-refractivity contribution is 5.77. The Morgan fingerprint density at radius 2 is 1.91 bits per heavy atom. The molecule has 23 heavy (non-hydrogen) atoms. The topological polar surface area (TPSA) is 71.9 Å². The fourth-order valence-electron chi connectivity index (χ4n) is 1.95. The Labute approximate surface area is 135 Å². The van der Waals surface area contributed by atoms with Crippen LogP contribution in [0.25, 0.3) is 0 Å². The highest BCUT2D eigenvalue weighted by Crippen LogP contribution is 2.22. The fourth-order valence-corrected chi connectivity index (χ4v) is 1.95. The first-order chi connectivity index (χ1) is 11.2. The maximum absolute atomic E-state index is 11.9. The molecule has 0 aliphatic heterocycles. The molecule has 0 fully saturated rings. The highest BCUT2D eigenvalue weighted by Gasteiger charge is 2.11. The summed E-state index contributed by atoms with van der Waals surface area (Å²) in [5.41, 5.74) is 0. The lowest BCUT2D eigenvalue weighted by Crippen LogP contribution is -2.36. The normalized spacial score (nSPS) is 10.2. The van der Waals surface area contributed by atoms with Crippen LogP contribution < -0.4 is 9.47 Å². The molecule has 0 bridgehead atoms. The number of aliphatic hydroxyl groups is 1. The zero-order chi connectivity index (χ0) is 16.5. The lowest BCUT2D eigenvalue weighted by Gasteiger charge is -2.19. The predicted molar refractivity (Wildman–Crippen MR) is 85.6 cm³/mol. The highest BCUT2D eigenvalue weighted by atomic mass is 16.5. The second-order valence-electron chi connectivity index (χ2n) is 4.73. The first-order valence-corrected chi connectivity index (χ1v) is 7.43. The van der Waals surface area contributed by atoms with E-state index in [-0.39, 0.29) is 19.1 Å². The molecular formula is C17H20N2O4. The molecule has 1 aromatic heterocycles. The summed E-state index contributed by atoms with van der Waals surface area (Å²) < 4.78 is 11.0. The van der Waals surface area contributed by atoms with Crippen LogP contribution in [0.15, 0.2) is 48.7 Å². The third kappa shape index (κ3) is 5.27. The van der Waals surface area contributed by atoms with Crippen molar-refractivity contribution >= 4 is 5.91 Å². The third-order valence-corrected chi connectivity index (χ3v) is 3.15. The molecular weight excluding hydrogens is 296 g/mol. The lowest BCUT2D eigenvalue weighted by molar-refractivity contribution is -0.133. The van der Waals surface area contributed by atoms with Gasteiger partial charge in [0.05, 0.1) is 6.61 Å². The van der Waals surface area contributed by atoms with E-state index >= 15 is 0 Å². The van der Waals surface area contributed by atoms with Crippen LogP contribution in [0.5, 0.6) is 17.4 Å². The molecule has 0 atom stereocenters. The minimum Gasteiger partial charge on any atom is -0.484 e. The standard InChI is InChI=1S/C17H20N2O4/c1-2-19(11-12-20)17(21)13-22-14-6-8-15(9-7-14)23-16-5-3-4-10-18-16/h3-10,20H,2,11-13H2,1H3. The Morgan fingerprint density at radius 3 is 2.52 bits per heavy atom. The monoisotopic (exact) mass is 316 g/mol. The van der Waals surface area contributed by atoms with Crippen LogP contribution in [0, 0.1) is 0 Å². The van der Waals surface area contributed by atoms with Crippen molar-refractivity contribution in [1.29, 1.82) is 0 Å². The van der Waals surface area contributed by atoms with Gasteiger partial charge in [0, 0.05) is 25.4 Å².